The van der Waals surface area contributed by atoms with Gasteiger partial charge in [-0.1, -0.05) is 12.1 Å². The van der Waals surface area contributed by atoms with Gasteiger partial charge in [-0.15, -0.1) is 0 Å². The van der Waals surface area contributed by atoms with Crippen LogP contribution >= 0.6 is 0 Å². The minimum atomic E-state index is -1.27. The molecule has 82 valence electrons. The number of fused-ring (bicyclic) bond motifs is 1. The highest BCUT2D eigenvalue weighted by molar-refractivity contribution is 5.94. The summed E-state index contributed by atoms with van der Waals surface area (Å²) in [5, 5.41) is 11.8. The van der Waals surface area contributed by atoms with E-state index in [0.717, 1.165) is 0 Å². The highest BCUT2D eigenvalue weighted by Crippen LogP contribution is 2.18. The highest BCUT2D eigenvalue weighted by Gasteiger charge is 2.18. The largest absolute Gasteiger partial charge is 0.475 e. The van der Waals surface area contributed by atoms with Gasteiger partial charge in [0.25, 0.3) is 0 Å². The molecule has 1 heterocycles. The molecule has 0 spiro atoms. The Labute approximate surface area is 90.3 Å². The number of carboxylic acids is 1. The van der Waals surface area contributed by atoms with Crippen LogP contribution in [0.15, 0.2) is 33.5 Å². The SMILES string of the molecule is CNc1c(C(=O)O)oc2ccccc2c1=O. The van der Waals surface area contributed by atoms with Crippen molar-refractivity contribution in [3.8, 4) is 0 Å². The van der Waals surface area contributed by atoms with Crippen molar-refractivity contribution >= 4 is 22.6 Å². The van der Waals surface area contributed by atoms with Crippen LogP contribution in [0.4, 0.5) is 5.69 Å². The molecular weight excluding hydrogens is 210 g/mol. The molecule has 0 radical (unpaired) electrons. The van der Waals surface area contributed by atoms with Gasteiger partial charge in [0, 0.05) is 7.05 Å². The summed E-state index contributed by atoms with van der Waals surface area (Å²) in [5.41, 5.74) is -0.142. The van der Waals surface area contributed by atoms with Crippen molar-refractivity contribution in [2.75, 3.05) is 12.4 Å². The third kappa shape index (κ3) is 1.42. The van der Waals surface area contributed by atoms with Crippen molar-refractivity contribution < 1.29 is 14.3 Å². The molecule has 2 rings (SSSR count). The van der Waals surface area contributed by atoms with Crippen LogP contribution in [0.3, 0.4) is 0 Å². The van der Waals surface area contributed by atoms with E-state index >= 15 is 0 Å². The zero-order chi connectivity index (χ0) is 11.7. The lowest BCUT2D eigenvalue weighted by Gasteiger charge is -2.05. The van der Waals surface area contributed by atoms with Crippen LogP contribution in [0.25, 0.3) is 11.0 Å². The molecule has 16 heavy (non-hydrogen) atoms. The van der Waals surface area contributed by atoms with Gasteiger partial charge in [-0.25, -0.2) is 4.79 Å². The molecule has 0 aliphatic rings. The quantitative estimate of drug-likeness (QED) is 0.800. The predicted octanol–water partition coefficient (Wildman–Crippen LogP) is 1.53. The first kappa shape index (κ1) is 10.2. The maximum atomic E-state index is 11.9. The summed E-state index contributed by atoms with van der Waals surface area (Å²) in [6, 6.07) is 6.52. The zero-order valence-electron chi connectivity index (χ0n) is 8.48. The van der Waals surface area contributed by atoms with E-state index < -0.39 is 5.97 Å². The van der Waals surface area contributed by atoms with Crippen LogP contribution in [-0.2, 0) is 0 Å². The van der Waals surface area contributed by atoms with E-state index in [9.17, 15) is 9.59 Å². The number of para-hydroxylation sites is 1. The van der Waals surface area contributed by atoms with Gasteiger partial charge in [-0.05, 0) is 12.1 Å². The van der Waals surface area contributed by atoms with Gasteiger partial charge in [-0.3, -0.25) is 4.79 Å². The van der Waals surface area contributed by atoms with Gasteiger partial charge in [0.05, 0.1) is 5.39 Å². The summed E-state index contributed by atoms with van der Waals surface area (Å²) >= 11 is 0. The standard InChI is InChI=1S/C11H9NO4/c1-12-8-9(13)6-4-2-3-5-7(6)16-10(8)11(14)15/h2-5,12H,1H3,(H,14,15). The summed E-state index contributed by atoms with van der Waals surface area (Å²) in [6.07, 6.45) is 0. The first-order valence-corrected chi connectivity index (χ1v) is 4.62. The summed E-state index contributed by atoms with van der Waals surface area (Å²) < 4.78 is 5.16. The van der Waals surface area contributed by atoms with E-state index in [-0.39, 0.29) is 22.5 Å². The Morgan fingerprint density at radius 3 is 2.69 bits per heavy atom. The molecule has 1 aromatic heterocycles. The average Bonchev–Trinajstić information content (AvgIpc) is 2.29. The lowest BCUT2D eigenvalue weighted by Crippen LogP contribution is -2.14. The smallest absolute Gasteiger partial charge is 0.374 e. The zero-order valence-corrected chi connectivity index (χ0v) is 8.48. The molecule has 2 N–H and O–H groups in total. The first-order chi connectivity index (χ1) is 7.65. The Kier molecular flexibility index (Phi) is 2.36. The third-order valence-corrected chi connectivity index (χ3v) is 2.24. The van der Waals surface area contributed by atoms with E-state index in [0.29, 0.717) is 5.39 Å². The van der Waals surface area contributed by atoms with Crippen LogP contribution < -0.4 is 10.7 Å². The van der Waals surface area contributed by atoms with Crippen LogP contribution in [0.1, 0.15) is 10.6 Å². The molecule has 0 saturated heterocycles. The molecule has 5 heteroatoms. The highest BCUT2D eigenvalue weighted by atomic mass is 16.4. The number of hydrogen-bond acceptors (Lipinski definition) is 4. The number of carboxylic acid groups (broad SMARTS) is 1. The second-order valence-corrected chi connectivity index (χ2v) is 3.19. The van der Waals surface area contributed by atoms with Crippen molar-refractivity contribution in [3.63, 3.8) is 0 Å². The van der Waals surface area contributed by atoms with Crippen molar-refractivity contribution in [3.05, 3.63) is 40.2 Å². The number of rotatable bonds is 2. The second-order valence-electron chi connectivity index (χ2n) is 3.19. The van der Waals surface area contributed by atoms with Gasteiger partial charge in [0.2, 0.25) is 11.2 Å². The maximum Gasteiger partial charge on any atom is 0.374 e. The molecule has 1 aromatic carbocycles. The van der Waals surface area contributed by atoms with Crippen molar-refractivity contribution in [2.24, 2.45) is 0 Å². The van der Waals surface area contributed by atoms with Crippen LogP contribution in [0.5, 0.6) is 0 Å². The second kappa shape index (κ2) is 3.69. The minimum Gasteiger partial charge on any atom is -0.475 e. The van der Waals surface area contributed by atoms with Gasteiger partial charge < -0.3 is 14.8 Å². The Balaban J connectivity index is 2.93. The van der Waals surface area contributed by atoms with E-state index in [1.54, 1.807) is 24.3 Å². The molecule has 0 aliphatic carbocycles. The van der Waals surface area contributed by atoms with Crippen molar-refractivity contribution in [1.82, 2.24) is 0 Å². The van der Waals surface area contributed by atoms with E-state index in [2.05, 4.69) is 5.32 Å². The number of benzene rings is 1. The molecule has 0 unspecified atom stereocenters. The van der Waals surface area contributed by atoms with E-state index in [1.807, 2.05) is 0 Å². The molecule has 0 saturated carbocycles. The Morgan fingerprint density at radius 1 is 1.38 bits per heavy atom. The summed E-state index contributed by atoms with van der Waals surface area (Å²) in [6.45, 7) is 0. The molecule has 0 aliphatic heterocycles. The monoisotopic (exact) mass is 219 g/mol. The normalized spacial score (nSPS) is 10.3. The molecule has 5 nitrogen and oxygen atoms in total. The number of nitrogens with one attached hydrogen (secondary N) is 1. The van der Waals surface area contributed by atoms with Crippen LogP contribution in [0, 0.1) is 0 Å². The topological polar surface area (TPSA) is 79.5 Å². The maximum absolute atomic E-state index is 11.9. The first-order valence-electron chi connectivity index (χ1n) is 4.62. The lowest BCUT2D eigenvalue weighted by atomic mass is 10.2. The predicted molar refractivity (Wildman–Crippen MR) is 59.0 cm³/mol. The molecular formula is C11H9NO4. The molecule has 2 aromatic rings. The van der Waals surface area contributed by atoms with Crippen LogP contribution in [-0.4, -0.2) is 18.1 Å². The summed E-state index contributed by atoms with van der Waals surface area (Å²) in [7, 11) is 1.48. The Bertz CT molecular complexity index is 615. The van der Waals surface area contributed by atoms with E-state index in [4.69, 9.17) is 9.52 Å². The fourth-order valence-electron chi connectivity index (χ4n) is 1.52. The van der Waals surface area contributed by atoms with Gasteiger partial charge in [0.1, 0.15) is 11.3 Å². The molecule has 0 bridgehead atoms. The van der Waals surface area contributed by atoms with E-state index in [1.165, 1.54) is 7.05 Å². The van der Waals surface area contributed by atoms with Crippen LogP contribution in [0.2, 0.25) is 0 Å². The third-order valence-electron chi connectivity index (χ3n) is 2.24. The van der Waals surface area contributed by atoms with Gasteiger partial charge >= 0.3 is 5.97 Å². The number of carbonyl (C=O) groups is 1. The average molecular weight is 219 g/mol. The molecule has 0 fully saturated rings. The lowest BCUT2D eigenvalue weighted by molar-refractivity contribution is 0.0664. The Hall–Kier alpha value is -2.30. The molecule has 0 atom stereocenters. The van der Waals surface area contributed by atoms with Crippen molar-refractivity contribution in [1.29, 1.82) is 0 Å². The van der Waals surface area contributed by atoms with Crippen molar-refractivity contribution in [2.45, 2.75) is 0 Å². The minimum absolute atomic E-state index is 0.0359. The number of hydrogen-bond donors (Lipinski definition) is 2. The molecule has 0 amide bonds. The fraction of sp³-hybridized carbons (Fsp3) is 0.0909. The summed E-state index contributed by atoms with van der Waals surface area (Å²) in [4.78, 5) is 22.8. The number of anilines is 1. The van der Waals surface area contributed by atoms with Gasteiger partial charge in [0.15, 0.2) is 0 Å². The Morgan fingerprint density at radius 2 is 2.06 bits per heavy atom. The fourth-order valence-corrected chi connectivity index (χ4v) is 1.52. The van der Waals surface area contributed by atoms with Gasteiger partial charge in [-0.2, -0.15) is 0 Å². The summed E-state index contributed by atoms with van der Waals surface area (Å²) in [5.74, 6) is -1.64. The number of aromatic carboxylic acids is 1.